The van der Waals surface area contributed by atoms with E-state index in [1.165, 1.54) is 12.1 Å². The average Bonchev–Trinajstić information content (AvgIpc) is 2.34. The summed E-state index contributed by atoms with van der Waals surface area (Å²) < 4.78 is 47.6. The zero-order valence-electron chi connectivity index (χ0n) is 13.4. The Labute approximate surface area is 133 Å². The minimum absolute atomic E-state index is 0.0368. The molecule has 1 fully saturated rings. The van der Waals surface area contributed by atoms with Gasteiger partial charge in [0.15, 0.2) is 19.7 Å². The highest BCUT2D eigenvalue weighted by molar-refractivity contribution is 7.91. The van der Waals surface area contributed by atoms with Crippen molar-refractivity contribution in [1.82, 2.24) is 0 Å². The van der Waals surface area contributed by atoms with Crippen LogP contribution in [0.15, 0.2) is 28.0 Å². The van der Waals surface area contributed by atoms with Crippen LogP contribution in [0, 0.1) is 11.8 Å². The highest BCUT2D eigenvalue weighted by Gasteiger charge is 2.27. The molecule has 0 aromatic heterocycles. The zero-order valence-corrected chi connectivity index (χ0v) is 15.0. The molecule has 0 amide bonds. The number of piperidine rings is 1. The third-order valence-electron chi connectivity index (χ3n) is 3.97. The molecule has 0 N–H and O–H groups in total. The summed E-state index contributed by atoms with van der Waals surface area (Å²) in [7, 11) is -6.94. The lowest BCUT2D eigenvalue weighted by molar-refractivity contribution is 0.356. The van der Waals surface area contributed by atoms with E-state index in [-0.39, 0.29) is 9.79 Å². The third-order valence-corrected chi connectivity index (χ3v) is 6.20. The van der Waals surface area contributed by atoms with Gasteiger partial charge in [0.2, 0.25) is 0 Å². The maximum absolute atomic E-state index is 12.1. The Morgan fingerprint density at radius 2 is 1.50 bits per heavy atom. The summed E-state index contributed by atoms with van der Waals surface area (Å²) in [5.74, 6) is 0.955. The molecule has 2 atom stereocenters. The van der Waals surface area contributed by atoms with Crippen LogP contribution in [0.3, 0.4) is 0 Å². The van der Waals surface area contributed by atoms with Crippen molar-refractivity contribution in [2.45, 2.75) is 30.1 Å². The number of anilines is 1. The van der Waals surface area contributed by atoms with E-state index in [9.17, 15) is 16.8 Å². The molecule has 22 heavy (non-hydrogen) atoms. The van der Waals surface area contributed by atoms with E-state index in [1.807, 2.05) is 0 Å². The fraction of sp³-hybridized carbons (Fsp3) is 0.600. The lowest BCUT2D eigenvalue weighted by Gasteiger charge is -2.37. The number of sulfone groups is 2. The third kappa shape index (κ3) is 3.81. The number of hydrogen-bond donors (Lipinski definition) is 0. The van der Waals surface area contributed by atoms with Crippen molar-refractivity contribution in [3.05, 3.63) is 18.2 Å². The normalized spacial score (nSPS) is 23.5. The first-order valence-corrected chi connectivity index (χ1v) is 11.1. The monoisotopic (exact) mass is 345 g/mol. The molecule has 1 aliphatic rings. The predicted octanol–water partition coefficient (Wildman–Crippen LogP) is 1.98. The van der Waals surface area contributed by atoms with Gasteiger partial charge < -0.3 is 4.90 Å². The van der Waals surface area contributed by atoms with Crippen LogP contribution in [-0.4, -0.2) is 42.4 Å². The van der Waals surface area contributed by atoms with Gasteiger partial charge in [-0.2, -0.15) is 0 Å². The standard InChI is InChI=1S/C15H23NO4S2/c1-11-7-12(2)10-16(9-11)14-6-5-13(21(3,17)18)8-15(14)22(4,19)20/h5-6,8,11-12H,7,9-10H2,1-4H3/t11-,12-/m0/s1. The quantitative estimate of drug-likeness (QED) is 0.837. The van der Waals surface area contributed by atoms with Crippen molar-refractivity contribution in [1.29, 1.82) is 0 Å². The summed E-state index contributed by atoms with van der Waals surface area (Å²) >= 11 is 0. The highest BCUT2D eigenvalue weighted by atomic mass is 32.2. The van der Waals surface area contributed by atoms with Gasteiger partial charge in [0.05, 0.1) is 15.5 Å². The minimum atomic E-state index is -3.51. The van der Waals surface area contributed by atoms with Crippen LogP contribution >= 0.6 is 0 Å². The van der Waals surface area contributed by atoms with Crippen molar-refractivity contribution in [2.75, 3.05) is 30.5 Å². The van der Waals surface area contributed by atoms with Gasteiger partial charge in [0.25, 0.3) is 0 Å². The smallest absolute Gasteiger partial charge is 0.177 e. The second-order valence-corrected chi connectivity index (χ2v) is 10.5. The van der Waals surface area contributed by atoms with Crippen LogP contribution in [0.25, 0.3) is 0 Å². The fourth-order valence-electron chi connectivity index (χ4n) is 3.14. The Morgan fingerprint density at radius 3 is 1.95 bits per heavy atom. The summed E-state index contributed by atoms with van der Waals surface area (Å²) in [4.78, 5) is 2.19. The molecule has 7 heteroatoms. The highest BCUT2D eigenvalue weighted by Crippen LogP contribution is 2.32. The summed E-state index contributed by atoms with van der Waals surface area (Å²) in [6.45, 7) is 5.86. The van der Waals surface area contributed by atoms with Gasteiger partial charge in [0, 0.05) is 25.6 Å². The van der Waals surface area contributed by atoms with Crippen LogP contribution in [0.1, 0.15) is 20.3 Å². The summed E-state index contributed by atoms with van der Waals surface area (Å²) in [5.41, 5.74) is 0.605. The van der Waals surface area contributed by atoms with E-state index < -0.39 is 19.7 Å². The van der Waals surface area contributed by atoms with Crippen molar-refractivity contribution in [2.24, 2.45) is 11.8 Å². The van der Waals surface area contributed by atoms with Crippen LogP contribution in [0.5, 0.6) is 0 Å². The first-order valence-electron chi connectivity index (χ1n) is 7.27. The molecular weight excluding hydrogens is 322 g/mol. The SMILES string of the molecule is C[C@H]1C[C@H](C)CN(c2ccc(S(C)(=O)=O)cc2S(C)(=O)=O)C1. The Morgan fingerprint density at radius 1 is 0.955 bits per heavy atom. The van der Waals surface area contributed by atoms with Gasteiger partial charge in [0.1, 0.15) is 0 Å². The molecule has 0 bridgehead atoms. The first-order chi connectivity index (χ1) is 9.98. The number of benzene rings is 1. The van der Waals surface area contributed by atoms with Crippen molar-refractivity contribution in [3.63, 3.8) is 0 Å². The molecule has 0 aliphatic carbocycles. The van der Waals surface area contributed by atoms with Crippen LogP contribution < -0.4 is 4.90 Å². The second kappa shape index (κ2) is 5.85. The Hall–Kier alpha value is -1.08. The zero-order chi connectivity index (χ0) is 16.7. The molecule has 1 aliphatic heterocycles. The number of hydrogen-bond acceptors (Lipinski definition) is 5. The topological polar surface area (TPSA) is 71.5 Å². The lowest BCUT2D eigenvalue weighted by atomic mass is 9.91. The summed E-state index contributed by atoms with van der Waals surface area (Å²) in [6, 6.07) is 4.39. The van der Waals surface area contributed by atoms with Gasteiger partial charge in [-0.3, -0.25) is 0 Å². The van der Waals surface area contributed by atoms with Crippen LogP contribution in [0.2, 0.25) is 0 Å². The first kappa shape index (κ1) is 17.3. The molecule has 1 aromatic rings. The average molecular weight is 345 g/mol. The van der Waals surface area contributed by atoms with E-state index in [1.54, 1.807) is 6.07 Å². The van der Waals surface area contributed by atoms with E-state index >= 15 is 0 Å². The minimum Gasteiger partial charge on any atom is -0.370 e. The van der Waals surface area contributed by atoms with Crippen LogP contribution in [-0.2, 0) is 19.7 Å². The maximum Gasteiger partial charge on any atom is 0.177 e. The molecule has 0 radical (unpaired) electrons. The summed E-state index contributed by atoms with van der Waals surface area (Å²) in [5, 5.41) is 0. The van der Waals surface area contributed by atoms with Crippen molar-refractivity contribution >= 4 is 25.4 Å². The number of rotatable bonds is 3. The molecule has 0 unspecified atom stereocenters. The van der Waals surface area contributed by atoms with Gasteiger partial charge >= 0.3 is 0 Å². The van der Waals surface area contributed by atoms with Crippen molar-refractivity contribution in [3.8, 4) is 0 Å². The molecule has 1 aromatic carbocycles. The van der Waals surface area contributed by atoms with E-state index in [0.717, 1.165) is 32.0 Å². The molecule has 0 spiro atoms. The molecule has 0 saturated carbocycles. The van der Waals surface area contributed by atoms with Crippen molar-refractivity contribution < 1.29 is 16.8 Å². The largest absolute Gasteiger partial charge is 0.370 e. The Bertz CT molecular complexity index is 759. The second-order valence-electron chi connectivity index (χ2n) is 6.52. The number of nitrogens with zero attached hydrogens (tertiary/aromatic N) is 1. The predicted molar refractivity (Wildman–Crippen MR) is 87.8 cm³/mol. The fourth-order valence-corrected chi connectivity index (χ4v) is 4.78. The molecule has 5 nitrogen and oxygen atoms in total. The Balaban J connectivity index is 2.56. The molecule has 1 saturated heterocycles. The van der Waals surface area contributed by atoms with E-state index in [0.29, 0.717) is 17.5 Å². The van der Waals surface area contributed by atoms with Gasteiger partial charge in [-0.1, -0.05) is 13.8 Å². The molecule has 1 heterocycles. The van der Waals surface area contributed by atoms with Crippen LogP contribution in [0.4, 0.5) is 5.69 Å². The molecule has 2 rings (SSSR count). The maximum atomic E-state index is 12.1. The molecule has 124 valence electrons. The van der Waals surface area contributed by atoms with Gasteiger partial charge in [-0.15, -0.1) is 0 Å². The molecular formula is C15H23NO4S2. The Kier molecular flexibility index (Phi) is 4.59. The lowest BCUT2D eigenvalue weighted by Crippen LogP contribution is -2.39. The van der Waals surface area contributed by atoms with E-state index in [2.05, 4.69) is 18.7 Å². The van der Waals surface area contributed by atoms with E-state index in [4.69, 9.17) is 0 Å². The van der Waals surface area contributed by atoms with Gasteiger partial charge in [-0.05, 0) is 36.5 Å². The van der Waals surface area contributed by atoms with Gasteiger partial charge in [-0.25, -0.2) is 16.8 Å². The summed E-state index contributed by atoms with van der Waals surface area (Å²) in [6.07, 6.45) is 3.32.